The van der Waals surface area contributed by atoms with Gasteiger partial charge in [-0.3, -0.25) is 14.3 Å². The van der Waals surface area contributed by atoms with Crippen LogP contribution in [0.25, 0.3) is 0 Å². The first-order chi connectivity index (χ1) is 15.3. The Labute approximate surface area is 185 Å². The van der Waals surface area contributed by atoms with Crippen molar-refractivity contribution >= 4 is 33.2 Å². The lowest BCUT2D eigenvalue weighted by Gasteiger charge is -2.10. The van der Waals surface area contributed by atoms with Crippen molar-refractivity contribution in [1.82, 2.24) is 5.32 Å². The molecule has 3 rings (SSSR count). The third-order valence-electron chi connectivity index (χ3n) is 4.42. The zero-order valence-corrected chi connectivity index (χ0v) is 17.9. The summed E-state index contributed by atoms with van der Waals surface area (Å²) >= 11 is 0. The number of carbonyl (C=O) groups excluding carboxylic acids is 2. The second-order valence-corrected chi connectivity index (χ2v) is 8.60. The van der Waals surface area contributed by atoms with Crippen LogP contribution in [0.2, 0.25) is 0 Å². The number of hydrogen-bond acceptors (Lipinski definition) is 4. The molecule has 2 amide bonds. The van der Waals surface area contributed by atoms with Crippen molar-refractivity contribution in [3.05, 3.63) is 90.2 Å². The zero-order valence-electron chi connectivity index (χ0n) is 17.0. The minimum absolute atomic E-state index is 0.136. The molecule has 0 heterocycles. The molecule has 0 aliphatic carbocycles. The van der Waals surface area contributed by atoms with Gasteiger partial charge in [-0.15, -0.1) is 0 Å². The Hall–Kier alpha value is -3.72. The van der Waals surface area contributed by atoms with Crippen molar-refractivity contribution in [2.75, 3.05) is 16.6 Å². The van der Waals surface area contributed by atoms with Gasteiger partial charge in [0.25, 0.3) is 15.9 Å². The Morgan fingerprint density at radius 2 is 1.53 bits per heavy atom. The molecule has 0 unspecified atom stereocenters. The molecule has 0 saturated carbocycles. The lowest BCUT2D eigenvalue weighted by Crippen LogP contribution is -2.25. The summed E-state index contributed by atoms with van der Waals surface area (Å²) in [6.45, 7) is 0.278. The summed E-state index contributed by atoms with van der Waals surface area (Å²) in [5.41, 5.74) is 1.10. The SMILES string of the molecule is O=C(CCCNC(=O)c1ccc(F)cc1)Nc1cccc(NS(=O)(=O)c2ccccc2)c1. The number of carbonyl (C=O) groups is 2. The number of hydrogen-bond donors (Lipinski definition) is 3. The van der Waals surface area contributed by atoms with Crippen molar-refractivity contribution < 1.29 is 22.4 Å². The number of benzene rings is 3. The van der Waals surface area contributed by atoms with Gasteiger partial charge in [0.2, 0.25) is 5.91 Å². The van der Waals surface area contributed by atoms with Gasteiger partial charge in [-0.1, -0.05) is 24.3 Å². The van der Waals surface area contributed by atoms with E-state index < -0.39 is 15.8 Å². The van der Waals surface area contributed by atoms with Gasteiger partial charge in [0, 0.05) is 24.2 Å². The average molecular weight is 456 g/mol. The Balaban J connectivity index is 1.47. The summed E-state index contributed by atoms with van der Waals surface area (Å²) in [6, 6.07) is 19.5. The van der Waals surface area contributed by atoms with Crippen molar-refractivity contribution in [3.8, 4) is 0 Å². The van der Waals surface area contributed by atoms with Crippen LogP contribution in [0.5, 0.6) is 0 Å². The molecule has 0 aliphatic rings. The van der Waals surface area contributed by atoms with E-state index in [2.05, 4.69) is 15.4 Å². The molecule has 0 saturated heterocycles. The maximum Gasteiger partial charge on any atom is 0.261 e. The van der Waals surface area contributed by atoms with Crippen molar-refractivity contribution in [2.45, 2.75) is 17.7 Å². The monoisotopic (exact) mass is 455 g/mol. The molecule has 0 spiro atoms. The maximum atomic E-state index is 12.9. The van der Waals surface area contributed by atoms with Crippen LogP contribution in [0, 0.1) is 5.82 Å². The fourth-order valence-electron chi connectivity index (χ4n) is 2.85. The van der Waals surface area contributed by atoms with Crippen molar-refractivity contribution in [3.63, 3.8) is 0 Å². The highest BCUT2D eigenvalue weighted by atomic mass is 32.2. The Morgan fingerprint density at radius 1 is 0.844 bits per heavy atom. The molecule has 0 radical (unpaired) electrons. The number of anilines is 2. The molecular weight excluding hydrogens is 433 g/mol. The molecule has 32 heavy (non-hydrogen) atoms. The lowest BCUT2D eigenvalue weighted by atomic mass is 10.2. The van der Waals surface area contributed by atoms with Crippen LogP contribution < -0.4 is 15.4 Å². The predicted molar refractivity (Wildman–Crippen MR) is 120 cm³/mol. The van der Waals surface area contributed by atoms with E-state index in [-0.39, 0.29) is 29.7 Å². The summed E-state index contributed by atoms with van der Waals surface area (Å²) in [5.74, 6) is -1.04. The molecule has 0 atom stereocenters. The van der Waals surface area contributed by atoms with E-state index in [0.717, 1.165) is 0 Å². The minimum Gasteiger partial charge on any atom is -0.352 e. The van der Waals surface area contributed by atoms with Crippen LogP contribution in [0.3, 0.4) is 0 Å². The number of amides is 2. The smallest absolute Gasteiger partial charge is 0.261 e. The van der Waals surface area contributed by atoms with Crippen LogP contribution >= 0.6 is 0 Å². The zero-order chi connectivity index (χ0) is 23.0. The molecule has 0 bridgehead atoms. The summed E-state index contributed by atoms with van der Waals surface area (Å²) < 4.78 is 40.2. The van der Waals surface area contributed by atoms with Crippen LogP contribution in [0.4, 0.5) is 15.8 Å². The number of sulfonamides is 1. The van der Waals surface area contributed by atoms with E-state index in [0.29, 0.717) is 23.4 Å². The van der Waals surface area contributed by atoms with E-state index in [1.54, 1.807) is 36.4 Å². The molecule has 0 fully saturated rings. The van der Waals surface area contributed by atoms with Gasteiger partial charge in [-0.05, 0) is 61.0 Å². The average Bonchev–Trinajstić information content (AvgIpc) is 2.77. The van der Waals surface area contributed by atoms with Gasteiger partial charge < -0.3 is 10.6 Å². The molecule has 0 aliphatic heterocycles. The Kier molecular flexibility index (Phi) is 7.56. The van der Waals surface area contributed by atoms with E-state index in [1.165, 1.54) is 42.5 Å². The highest BCUT2D eigenvalue weighted by Crippen LogP contribution is 2.19. The van der Waals surface area contributed by atoms with E-state index in [4.69, 9.17) is 0 Å². The minimum atomic E-state index is -3.73. The fraction of sp³-hybridized carbons (Fsp3) is 0.130. The first-order valence-corrected chi connectivity index (χ1v) is 11.3. The quantitative estimate of drug-likeness (QED) is 0.427. The molecule has 3 N–H and O–H groups in total. The molecule has 3 aromatic rings. The normalized spacial score (nSPS) is 10.9. The fourth-order valence-corrected chi connectivity index (χ4v) is 3.92. The van der Waals surface area contributed by atoms with Gasteiger partial charge >= 0.3 is 0 Å². The standard InChI is InChI=1S/C23H22FN3O4S/c24-18-13-11-17(12-14-18)23(29)25-15-5-10-22(28)26-19-6-4-7-20(16-19)27-32(30,31)21-8-2-1-3-9-21/h1-4,6-9,11-14,16,27H,5,10,15H2,(H,25,29)(H,26,28). The number of nitrogens with one attached hydrogen (secondary N) is 3. The maximum absolute atomic E-state index is 12.9. The predicted octanol–water partition coefficient (Wildman–Crippen LogP) is 3.78. The summed E-state index contributed by atoms with van der Waals surface area (Å²) in [4.78, 5) is 24.3. The van der Waals surface area contributed by atoms with E-state index in [1.807, 2.05) is 0 Å². The first-order valence-electron chi connectivity index (χ1n) is 9.85. The molecular formula is C23H22FN3O4S. The number of halogens is 1. The van der Waals surface area contributed by atoms with Crippen molar-refractivity contribution in [2.24, 2.45) is 0 Å². The van der Waals surface area contributed by atoms with Crippen LogP contribution in [-0.4, -0.2) is 26.8 Å². The second-order valence-electron chi connectivity index (χ2n) is 6.91. The van der Waals surface area contributed by atoms with Crippen LogP contribution in [0.15, 0.2) is 83.8 Å². The van der Waals surface area contributed by atoms with Gasteiger partial charge in [-0.25, -0.2) is 12.8 Å². The van der Waals surface area contributed by atoms with Gasteiger partial charge in [0.1, 0.15) is 5.82 Å². The van der Waals surface area contributed by atoms with Crippen molar-refractivity contribution in [1.29, 1.82) is 0 Å². The molecule has 3 aromatic carbocycles. The number of rotatable bonds is 9. The van der Waals surface area contributed by atoms with Gasteiger partial charge in [0.05, 0.1) is 10.6 Å². The Bertz CT molecular complexity index is 1180. The summed E-state index contributed by atoms with van der Waals surface area (Å²) in [6.07, 6.45) is 0.558. The summed E-state index contributed by atoms with van der Waals surface area (Å²) in [5, 5.41) is 5.38. The molecule has 9 heteroatoms. The second kappa shape index (κ2) is 10.5. The van der Waals surface area contributed by atoms with E-state index in [9.17, 15) is 22.4 Å². The largest absolute Gasteiger partial charge is 0.352 e. The van der Waals surface area contributed by atoms with Crippen LogP contribution in [-0.2, 0) is 14.8 Å². The van der Waals surface area contributed by atoms with Crippen LogP contribution in [0.1, 0.15) is 23.2 Å². The first kappa shape index (κ1) is 23.0. The third-order valence-corrected chi connectivity index (χ3v) is 5.82. The highest BCUT2D eigenvalue weighted by Gasteiger charge is 2.14. The van der Waals surface area contributed by atoms with Gasteiger partial charge in [-0.2, -0.15) is 0 Å². The van der Waals surface area contributed by atoms with E-state index >= 15 is 0 Å². The lowest BCUT2D eigenvalue weighted by molar-refractivity contribution is -0.116. The third kappa shape index (κ3) is 6.64. The molecule has 0 aromatic heterocycles. The Morgan fingerprint density at radius 3 is 2.25 bits per heavy atom. The topological polar surface area (TPSA) is 104 Å². The molecule has 7 nitrogen and oxygen atoms in total. The highest BCUT2D eigenvalue weighted by molar-refractivity contribution is 7.92. The molecule has 166 valence electrons. The summed E-state index contributed by atoms with van der Waals surface area (Å²) in [7, 11) is -3.73. The van der Waals surface area contributed by atoms with Gasteiger partial charge in [0.15, 0.2) is 0 Å².